The SMILES string of the molecule is O=C(O)[C@H]1O[C@@H](O[C@H]2[C@H](O)[C@H](O)[C@H](O[C@H]3[C@H](O)[C@H](O)[C@H](O[C@H]4[C@H](O)[C@H](O)[C@H](O[C@H]5[C@H](O)[C@H](O)[C@H](O)O[C@@H]5C(=O)O)O[C@@H]4C(=O)O)O[C@@H]3C(=O)O)O[C@@H]2C(=O)O)[C@@H](O)[C@@H](O)[C@@H]1O. The molecule has 0 aromatic heterocycles. The van der Waals surface area contributed by atoms with E-state index >= 15 is 0 Å². The van der Waals surface area contributed by atoms with Crippen LogP contribution >= 0.6 is 0 Å². The van der Waals surface area contributed by atoms with Crippen molar-refractivity contribution in [3.63, 3.8) is 0 Å². The van der Waals surface area contributed by atoms with E-state index < -0.39 is 183 Å². The van der Waals surface area contributed by atoms with E-state index in [2.05, 4.69) is 4.74 Å². The topological polar surface area (TPSA) is 512 Å². The summed E-state index contributed by atoms with van der Waals surface area (Å²) in [6.45, 7) is 0. The Morgan fingerprint density at radius 3 is 0.787 bits per heavy atom. The second-order valence-electron chi connectivity index (χ2n) is 14.1. The van der Waals surface area contributed by atoms with E-state index in [1.807, 2.05) is 0 Å². The molecule has 31 nitrogen and oxygen atoms in total. The molecule has 0 aliphatic carbocycles. The van der Waals surface area contributed by atoms with Gasteiger partial charge in [-0.15, -0.1) is 0 Å². The first-order chi connectivity index (χ1) is 28.4. The third kappa shape index (κ3) is 9.56. The fraction of sp³-hybridized carbons (Fsp3) is 0.833. The molecule has 5 saturated heterocycles. The molecule has 5 fully saturated rings. The smallest absolute Gasteiger partial charge is 0.335 e. The van der Waals surface area contributed by atoms with Gasteiger partial charge in [0.15, 0.2) is 62.0 Å². The molecule has 348 valence electrons. The minimum atomic E-state index is -2.56. The number of rotatable bonds is 13. The lowest BCUT2D eigenvalue weighted by atomic mass is 9.95. The summed E-state index contributed by atoms with van der Waals surface area (Å²) < 4.78 is 45.9. The third-order valence-corrected chi connectivity index (χ3v) is 10.1. The molecule has 17 N–H and O–H groups in total. The summed E-state index contributed by atoms with van der Waals surface area (Å²) in [7, 11) is 0. The maximum Gasteiger partial charge on any atom is 0.335 e. The maximum atomic E-state index is 12.3. The highest BCUT2D eigenvalue weighted by Crippen LogP contribution is 2.36. The average Bonchev–Trinajstić information content (AvgIpc) is 3.18. The van der Waals surface area contributed by atoms with Crippen LogP contribution in [0.25, 0.3) is 0 Å². The summed E-state index contributed by atoms with van der Waals surface area (Å²) in [5.41, 5.74) is 0. The van der Waals surface area contributed by atoms with Crippen molar-refractivity contribution in [3.8, 4) is 0 Å². The van der Waals surface area contributed by atoms with Gasteiger partial charge in [0.2, 0.25) is 0 Å². The number of ether oxygens (including phenoxy) is 9. The predicted molar refractivity (Wildman–Crippen MR) is 169 cm³/mol. The van der Waals surface area contributed by atoms with Crippen LogP contribution in [0.4, 0.5) is 0 Å². The van der Waals surface area contributed by atoms with Crippen LogP contribution in [0.15, 0.2) is 0 Å². The van der Waals surface area contributed by atoms with Crippen LogP contribution in [0.3, 0.4) is 0 Å². The second kappa shape index (κ2) is 19.1. The molecular formula is C30H42O31. The third-order valence-electron chi connectivity index (χ3n) is 10.1. The van der Waals surface area contributed by atoms with Gasteiger partial charge in [-0.05, 0) is 0 Å². The van der Waals surface area contributed by atoms with Crippen molar-refractivity contribution in [2.24, 2.45) is 0 Å². The number of carbonyl (C=O) groups is 5. The Labute approximate surface area is 337 Å². The summed E-state index contributed by atoms with van der Waals surface area (Å²) in [5, 5.41) is 174. The fourth-order valence-electron chi connectivity index (χ4n) is 6.88. The Morgan fingerprint density at radius 1 is 0.279 bits per heavy atom. The molecule has 5 aliphatic rings. The summed E-state index contributed by atoms with van der Waals surface area (Å²) in [6, 6.07) is 0. The number of hydrogen-bond donors (Lipinski definition) is 17. The van der Waals surface area contributed by atoms with Crippen molar-refractivity contribution in [2.45, 2.75) is 154 Å². The monoisotopic (exact) mass is 898 g/mol. The molecule has 5 rings (SSSR count). The minimum absolute atomic E-state index is 1.87. The van der Waals surface area contributed by atoms with Gasteiger partial charge in [-0.2, -0.15) is 0 Å². The van der Waals surface area contributed by atoms with Gasteiger partial charge in [-0.1, -0.05) is 0 Å². The predicted octanol–water partition coefficient (Wildman–Crippen LogP) is -11.5. The molecule has 0 amide bonds. The number of aliphatic hydroxyl groups is 12. The summed E-state index contributed by atoms with van der Waals surface area (Å²) in [4.78, 5) is 59.9. The standard InChI is InChI=1S/C30H42O31/c31-1-2(32)16(21(42)43)58-27(8(1)38)55-13-4(34)10(40)29(60-18(13)23(46)47)57-15-6(36)11(41)30(61-20(15)25(50)51)56-14-5(35)9(39)28(59-19(14)24(48)49)54-12-3(33)7(37)26(52)53-17(12)22(44)45/h1-20,26-41,52H,(H,42,43)(H,44,45)(H,46,47)(H,48,49)(H,50,51)/t1-,2-,3+,4+,5+,6+,7-,8-,9-,10-,11-,12-,13-,14-,15-,16-,17-,18-,19-,20-,26+,27+,28+,29+,30+/m0/s1. The zero-order chi connectivity index (χ0) is 45.7. The molecule has 0 radical (unpaired) electrons. The van der Waals surface area contributed by atoms with E-state index in [1.54, 1.807) is 0 Å². The zero-order valence-corrected chi connectivity index (χ0v) is 30.3. The Hall–Kier alpha value is -3.49. The molecule has 0 aromatic rings. The van der Waals surface area contributed by atoms with Gasteiger partial charge in [-0.3, -0.25) is 0 Å². The number of hydrogen-bond acceptors (Lipinski definition) is 26. The highest BCUT2D eigenvalue weighted by molar-refractivity contribution is 5.75. The number of aliphatic carboxylic acids is 5. The Bertz CT molecular complexity index is 1600. The first-order valence-electron chi connectivity index (χ1n) is 17.6. The van der Waals surface area contributed by atoms with E-state index in [9.17, 15) is 111 Å². The van der Waals surface area contributed by atoms with Crippen LogP contribution in [0.2, 0.25) is 0 Å². The van der Waals surface area contributed by atoms with E-state index in [-0.39, 0.29) is 0 Å². The van der Waals surface area contributed by atoms with Crippen molar-refractivity contribution in [1.82, 2.24) is 0 Å². The highest BCUT2D eigenvalue weighted by Gasteiger charge is 2.59. The van der Waals surface area contributed by atoms with Gasteiger partial charge in [0.25, 0.3) is 0 Å². The largest absolute Gasteiger partial charge is 0.479 e. The number of aliphatic hydroxyl groups excluding tert-OH is 12. The lowest BCUT2D eigenvalue weighted by Crippen LogP contribution is -2.69. The summed E-state index contributed by atoms with van der Waals surface area (Å²) >= 11 is 0. The molecule has 0 unspecified atom stereocenters. The molecule has 25 atom stereocenters. The van der Waals surface area contributed by atoms with Gasteiger partial charge in [0.1, 0.15) is 91.6 Å². The molecular weight excluding hydrogens is 856 g/mol. The van der Waals surface area contributed by atoms with Gasteiger partial charge in [-0.25, -0.2) is 24.0 Å². The Kier molecular flexibility index (Phi) is 15.2. The van der Waals surface area contributed by atoms with Crippen molar-refractivity contribution in [2.75, 3.05) is 0 Å². The van der Waals surface area contributed by atoms with Gasteiger partial charge < -0.3 is 129 Å². The zero-order valence-electron chi connectivity index (χ0n) is 30.3. The van der Waals surface area contributed by atoms with Crippen LogP contribution < -0.4 is 0 Å². The van der Waals surface area contributed by atoms with Crippen LogP contribution in [0.5, 0.6) is 0 Å². The van der Waals surface area contributed by atoms with Gasteiger partial charge >= 0.3 is 29.8 Å². The normalized spacial score (nSPS) is 49.4. The number of carboxylic acid groups (broad SMARTS) is 5. The van der Waals surface area contributed by atoms with E-state index in [1.165, 1.54) is 0 Å². The van der Waals surface area contributed by atoms with Gasteiger partial charge in [0, 0.05) is 0 Å². The average molecular weight is 899 g/mol. The Balaban J connectivity index is 1.30. The summed E-state index contributed by atoms with van der Waals surface area (Å²) in [5.74, 6) is -9.88. The lowest BCUT2D eigenvalue weighted by molar-refractivity contribution is -0.383. The molecule has 5 heterocycles. The molecule has 0 bridgehead atoms. The van der Waals surface area contributed by atoms with Crippen LogP contribution in [-0.2, 0) is 66.6 Å². The van der Waals surface area contributed by atoms with E-state index in [0.29, 0.717) is 0 Å². The minimum Gasteiger partial charge on any atom is -0.479 e. The Morgan fingerprint density at radius 2 is 0.508 bits per heavy atom. The molecule has 5 aliphatic heterocycles. The van der Waals surface area contributed by atoms with Crippen molar-refractivity contribution in [3.05, 3.63) is 0 Å². The van der Waals surface area contributed by atoms with Crippen molar-refractivity contribution in [1.29, 1.82) is 0 Å². The molecule has 0 spiro atoms. The summed E-state index contributed by atoms with van der Waals surface area (Å²) in [6.07, 6.45) is -59.6. The highest BCUT2D eigenvalue weighted by atomic mass is 16.8. The molecule has 0 saturated carbocycles. The molecule has 31 heteroatoms. The quantitative estimate of drug-likeness (QED) is 0.0816. The lowest BCUT2D eigenvalue weighted by Gasteiger charge is -2.48. The van der Waals surface area contributed by atoms with E-state index in [0.717, 1.165) is 0 Å². The first-order valence-corrected chi connectivity index (χ1v) is 17.6. The van der Waals surface area contributed by atoms with Crippen molar-refractivity contribution < 1.29 is 153 Å². The molecule has 61 heavy (non-hydrogen) atoms. The van der Waals surface area contributed by atoms with Crippen LogP contribution in [0.1, 0.15) is 0 Å². The van der Waals surface area contributed by atoms with Crippen LogP contribution in [-0.4, -0.2) is 270 Å². The second-order valence-corrected chi connectivity index (χ2v) is 14.1. The fourth-order valence-corrected chi connectivity index (χ4v) is 6.88. The van der Waals surface area contributed by atoms with Crippen molar-refractivity contribution >= 4 is 29.8 Å². The van der Waals surface area contributed by atoms with E-state index in [4.69, 9.17) is 37.9 Å². The van der Waals surface area contributed by atoms with Gasteiger partial charge in [0.05, 0.1) is 0 Å². The number of carboxylic acids is 5. The first kappa shape index (κ1) is 48.5. The maximum absolute atomic E-state index is 12.3. The van der Waals surface area contributed by atoms with Crippen LogP contribution in [0, 0.1) is 0 Å². The molecule has 0 aromatic carbocycles.